The number of hydrogen-bond acceptors (Lipinski definition) is 5. The molecule has 1 amide bonds. The number of carbonyl (C=O) groups is 3. The van der Waals surface area contributed by atoms with Gasteiger partial charge in [0, 0.05) is 5.92 Å². The van der Waals surface area contributed by atoms with Crippen molar-refractivity contribution in [2.24, 2.45) is 11.8 Å². The lowest BCUT2D eigenvalue weighted by molar-refractivity contribution is -0.159. The number of ether oxygens (including phenoxy) is 1. The molecule has 2 N–H and O–H groups in total. The number of rotatable bonds is 6. The molecule has 0 heterocycles. The van der Waals surface area contributed by atoms with E-state index in [1.165, 1.54) is 0 Å². The summed E-state index contributed by atoms with van der Waals surface area (Å²) in [5.41, 5.74) is -0.737. The lowest BCUT2D eigenvalue weighted by atomic mass is 9.96. The van der Waals surface area contributed by atoms with E-state index in [4.69, 9.17) is 4.74 Å². The number of carboxylic acid groups (broad SMARTS) is 1. The molecule has 122 valence electrons. The van der Waals surface area contributed by atoms with Crippen molar-refractivity contribution in [3.05, 3.63) is 0 Å². The summed E-state index contributed by atoms with van der Waals surface area (Å²) in [5.74, 6) is -2.96. The molecule has 0 fully saturated rings. The maximum absolute atomic E-state index is 12.0. The highest BCUT2D eigenvalue weighted by Crippen LogP contribution is 2.21. The molecule has 0 bridgehead atoms. The van der Waals surface area contributed by atoms with Gasteiger partial charge >= 0.3 is 11.9 Å². The monoisotopic (exact) mass is 319 g/mol. The van der Waals surface area contributed by atoms with E-state index in [9.17, 15) is 19.5 Å². The van der Waals surface area contributed by atoms with E-state index < -0.39 is 40.7 Å². The van der Waals surface area contributed by atoms with Gasteiger partial charge in [-0.3, -0.25) is 9.59 Å². The molecule has 7 heteroatoms. The van der Waals surface area contributed by atoms with Crippen molar-refractivity contribution < 1.29 is 24.2 Å². The maximum atomic E-state index is 12.0. The second-order valence-electron chi connectivity index (χ2n) is 6.45. The Bertz CT molecular complexity index is 416. The summed E-state index contributed by atoms with van der Waals surface area (Å²) in [6.45, 7) is 10.4. The van der Waals surface area contributed by atoms with Gasteiger partial charge in [0.15, 0.2) is 4.87 Å². The number of carbonyl (C=O) groups excluding carboxylic acids is 2. The summed E-state index contributed by atoms with van der Waals surface area (Å²) in [7, 11) is 0. The normalized spacial score (nSPS) is 16.0. The Balaban J connectivity index is 4.98. The number of nitrogens with one attached hydrogen (secondary N) is 1. The van der Waals surface area contributed by atoms with Crippen molar-refractivity contribution in [2.45, 2.75) is 58.4 Å². The number of esters is 1. The second-order valence-corrected chi connectivity index (χ2v) is 7.21. The van der Waals surface area contributed by atoms with E-state index in [2.05, 4.69) is 17.9 Å². The van der Waals surface area contributed by atoms with Crippen LogP contribution in [0.4, 0.5) is 0 Å². The fourth-order valence-electron chi connectivity index (χ4n) is 1.38. The van der Waals surface area contributed by atoms with Crippen LogP contribution in [0, 0.1) is 11.8 Å². The molecule has 0 aliphatic carbocycles. The third-order valence-electron chi connectivity index (χ3n) is 2.92. The fourth-order valence-corrected chi connectivity index (χ4v) is 1.62. The number of carboxylic acids is 1. The van der Waals surface area contributed by atoms with Crippen LogP contribution in [0.5, 0.6) is 0 Å². The van der Waals surface area contributed by atoms with Crippen LogP contribution in [0.3, 0.4) is 0 Å². The Labute approximate surface area is 131 Å². The first-order valence-corrected chi connectivity index (χ1v) is 7.23. The molecule has 21 heavy (non-hydrogen) atoms. The van der Waals surface area contributed by atoms with Crippen LogP contribution in [0.2, 0.25) is 0 Å². The molecule has 0 spiro atoms. The molecule has 0 radical (unpaired) electrons. The van der Waals surface area contributed by atoms with Gasteiger partial charge in [-0.25, -0.2) is 4.79 Å². The smallest absolute Gasteiger partial charge is 0.340 e. The number of aliphatic carboxylic acids is 1. The molecule has 0 aromatic rings. The van der Waals surface area contributed by atoms with Gasteiger partial charge in [0.2, 0.25) is 5.91 Å². The first-order chi connectivity index (χ1) is 9.28. The molecular weight excluding hydrogens is 294 g/mol. The zero-order valence-corrected chi connectivity index (χ0v) is 14.3. The van der Waals surface area contributed by atoms with E-state index in [-0.39, 0.29) is 5.92 Å². The first kappa shape index (κ1) is 19.8. The molecule has 0 aliphatic heterocycles. The Morgan fingerprint density at radius 3 is 2.00 bits per heavy atom. The lowest BCUT2D eigenvalue weighted by Gasteiger charge is -2.28. The highest BCUT2D eigenvalue weighted by molar-refractivity contribution is 7.82. The predicted octanol–water partition coefficient (Wildman–Crippen LogP) is 1.84. The van der Waals surface area contributed by atoms with Crippen molar-refractivity contribution in [1.82, 2.24) is 5.32 Å². The van der Waals surface area contributed by atoms with Crippen LogP contribution in [-0.4, -0.2) is 33.4 Å². The molecule has 0 aromatic heterocycles. The highest BCUT2D eigenvalue weighted by Gasteiger charge is 2.41. The quantitative estimate of drug-likeness (QED) is 0.395. The summed E-state index contributed by atoms with van der Waals surface area (Å²) in [5, 5.41) is 11.6. The first-order valence-electron chi connectivity index (χ1n) is 6.78. The van der Waals surface area contributed by atoms with Crippen molar-refractivity contribution in [1.29, 1.82) is 0 Å². The Kier molecular flexibility index (Phi) is 6.73. The molecule has 0 unspecified atom stereocenters. The van der Waals surface area contributed by atoms with Gasteiger partial charge in [0.05, 0.1) is 6.42 Å². The van der Waals surface area contributed by atoms with E-state index in [0.29, 0.717) is 0 Å². The van der Waals surface area contributed by atoms with Gasteiger partial charge < -0.3 is 15.2 Å². The molecule has 0 aromatic carbocycles. The number of hydrogen-bond donors (Lipinski definition) is 3. The SMILES string of the molecule is CC(C)[C@H](C)C(=O)N[C@](S)(CC(=O)OC(C)(C)C)C(=O)O. The van der Waals surface area contributed by atoms with E-state index in [1.54, 1.807) is 27.7 Å². The maximum Gasteiger partial charge on any atom is 0.340 e. The van der Waals surface area contributed by atoms with Gasteiger partial charge in [-0.1, -0.05) is 20.8 Å². The highest BCUT2D eigenvalue weighted by atomic mass is 32.1. The van der Waals surface area contributed by atoms with Crippen LogP contribution in [-0.2, 0) is 19.1 Å². The topological polar surface area (TPSA) is 92.7 Å². The molecule has 0 saturated carbocycles. The number of thiol groups is 1. The molecule has 0 saturated heterocycles. The largest absolute Gasteiger partial charge is 0.479 e. The third-order valence-corrected chi connectivity index (χ3v) is 3.38. The second kappa shape index (κ2) is 7.15. The Morgan fingerprint density at radius 2 is 1.67 bits per heavy atom. The molecule has 2 atom stereocenters. The fraction of sp³-hybridized carbons (Fsp3) is 0.786. The zero-order chi connectivity index (χ0) is 17.0. The average molecular weight is 319 g/mol. The summed E-state index contributed by atoms with van der Waals surface area (Å²) in [6.07, 6.45) is -0.556. The van der Waals surface area contributed by atoms with Crippen LogP contribution in [0.25, 0.3) is 0 Å². The van der Waals surface area contributed by atoms with E-state index >= 15 is 0 Å². The minimum Gasteiger partial charge on any atom is -0.479 e. The summed E-state index contributed by atoms with van der Waals surface area (Å²) in [4.78, 5) is 33.1. The van der Waals surface area contributed by atoms with Gasteiger partial charge in [-0.05, 0) is 26.7 Å². The van der Waals surface area contributed by atoms with E-state index in [1.807, 2.05) is 13.8 Å². The molecule has 6 nitrogen and oxygen atoms in total. The minimum absolute atomic E-state index is 0.0397. The Morgan fingerprint density at radius 1 is 1.19 bits per heavy atom. The van der Waals surface area contributed by atoms with E-state index in [0.717, 1.165) is 0 Å². The lowest BCUT2D eigenvalue weighted by Crippen LogP contribution is -2.53. The van der Waals surface area contributed by atoms with Crippen molar-refractivity contribution in [3.63, 3.8) is 0 Å². The summed E-state index contributed by atoms with van der Waals surface area (Å²) >= 11 is 3.97. The molecule has 0 rings (SSSR count). The Hall–Kier alpha value is -1.24. The zero-order valence-electron chi connectivity index (χ0n) is 13.4. The van der Waals surface area contributed by atoms with Crippen molar-refractivity contribution in [3.8, 4) is 0 Å². The van der Waals surface area contributed by atoms with Gasteiger partial charge in [-0.2, -0.15) is 0 Å². The predicted molar refractivity (Wildman–Crippen MR) is 82.0 cm³/mol. The van der Waals surface area contributed by atoms with Crippen molar-refractivity contribution >= 4 is 30.5 Å². The average Bonchev–Trinajstić information content (AvgIpc) is 2.24. The third kappa shape index (κ3) is 6.84. The van der Waals surface area contributed by atoms with Crippen LogP contribution >= 0.6 is 12.6 Å². The van der Waals surface area contributed by atoms with Gasteiger partial charge in [0.25, 0.3) is 0 Å². The number of amides is 1. The van der Waals surface area contributed by atoms with Gasteiger partial charge in [0.1, 0.15) is 5.60 Å². The molecular formula is C14H25NO5S. The van der Waals surface area contributed by atoms with Gasteiger partial charge in [-0.15, -0.1) is 12.6 Å². The van der Waals surface area contributed by atoms with Crippen LogP contribution in [0.15, 0.2) is 0 Å². The molecule has 0 aliphatic rings. The minimum atomic E-state index is -1.98. The summed E-state index contributed by atoms with van der Waals surface area (Å²) < 4.78 is 5.07. The standard InChI is InChI=1S/C14H25NO5S/c1-8(2)9(3)11(17)15-14(21,12(18)19)7-10(16)20-13(4,5)6/h8-9,21H,7H2,1-6H3,(H,15,17)(H,18,19)/t9-,14-/m0/s1. The summed E-state index contributed by atoms with van der Waals surface area (Å²) in [6, 6.07) is 0. The van der Waals surface area contributed by atoms with Crippen LogP contribution < -0.4 is 5.32 Å². The van der Waals surface area contributed by atoms with Crippen LogP contribution in [0.1, 0.15) is 48.0 Å². The van der Waals surface area contributed by atoms with Crippen molar-refractivity contribution in [2.75, 3.05) is 0 Å².